The lowest BCUT2D eigenvalue weighted by atomic mass is 9.93. The number of rotatable bonds is 4. The van der Waals surface area contributed by atoms with Gasteiger partial charge in [-0.2, -0.15) is 0 Å². The summed E-state index contributed by atoms with van der Waals surface area (Å²) in [5.74, 6) is 1.54. The predicted octanol–water partition coefficient (Wildman–Crippen LogP) is 3.43. The van der Waals surface area contributed by atoms with E-state index in [-0.39, 0.29) is 11.9 Å². The Bertz CT molecular complexity index is 630. The maximum atomic E-state index is 12.8. The third-order valence-electron chi connectivity index (χ3n) is 4.41. The molecule has 0 spiro atoms. The molecule has 1 aliphatic heterocycles. The minimum Gasteiger partial charge on any atom is -0.368 e. The normalized spacial score (nSPS) is 21.0. The molecule has 1 aromatic carbocycles. The summed E-state index contributed by atoms with van der Waals surface area (Å²) in [6, 6.07) is 15.6. The molecule has 4 nitrogen and oxygen atoms in total. The van der Waals surface area contributed by atoms with Crippen LogP contribution in [0.2, 0.25) is 0 Å². The van der Waals surface area contributed by atoms with E-state index in [4.69, 9.17) is 0 Å². The highest BCUT2D eigenvalue weighted by molar-refractivity contribution is 5.94. The Kier molecular flexibility index (Phi) is 4.91. The molecule has 120 valence electrons. The first-order valence-corrected chi connectivity index (χ1v) is 8.25. The fraction of sp³-hybridized carbons (Fsp3) is 0.368. The van der Waals surface area contributed by atoms with Crippen LogP contribution in [-0.2, 0) is 0 Å². The molecule has 1 unspecified atom stereocenters. The Morgan fingerprint density at radius 3 is 2.70 bits per heavy atom. The van der Waals surface area contributed by atoms with Crippen molar-refractivity contribution in [2.75, 3.05) is 18.4 Å². The van der Waals surface area contributed by atoms with E-state index in [1.165, 1.54) is 0 Å². The van der Waals surface area contributed by atoms with Gasteiger partial charge in [0.1, 0.15) is 5.82 Å². The number of carbonyl (C=O) groups excluding carboxylic acids is 1. The van der Waals surface area contributed by atoms with E-state index in [9.17, 15) is 4.79 Å². The first kappa shape index (κ1) is 15.5. The zero-order chi connectivity index (χ0) is 16.1. The van der Waals surface area contributed by atoms with Gasteiger partial charge in [0, 0.05) is 30.9 Å². The molecular weight excluding hydrogens is 286 g/mol. The van der Waals surface area contributed by atoms with Crippen LogP contribution in [0.5, 0.6) is 0 Å². The molecule has 1 aliphatic rings. The number of amides is 1. The molecule has 0 bridgehead atoms. The second-order valence-corrected chi connectivity index (χ2v) is 6.26. The molecule has 0 saturated carbocycles. The van der Waals surface area contributed by atoms with Gasteiger partial charge in [0.2, 0.25) is 0 Å². The summed E-state index contributed by atoms with van der Waals surface area (Å²) >= 11 is 0. The third kappa shape index (κ3) is 3.89. The summed E-state index contributed by atoms with van der Waals surface area (Å²) in [6.07, 6.45) is 3.96. The van der Waals surface area contributed by atoms with E-state index in [1.54, 1.807) is 6.20 Å². The number of benzene rings is 1. The topological polar surface area (TPSA) is 45.2 Å². The van der Waals surface area contributed by atoms with E-state index in [2.05, 4.69) is 17.2 Å². The molecule has 0 radical (unpaired) electrons. The van der Waals surface area contributed by atoms with Crippen LogP contribution in [0.4, 0.5) is 5.82 Å². The highest BCUT2D eigenvalue weighted by Gasteiger charge is 2.30. The molecule has 2 aromatic rings. The Morgan fingerprint density at radius 2 is 1.96 bits per heavy atom. The van der Waals surface area contributed by atoms with Crippen molar-refractivity contribution in [3.8, 4) is 0 Å². The van der Waals surface area contributed by atoms with Crippen molar-refractivity contribution in [2.45, 2.75) is 25.8 Å². The minimum absolute atomic E-state index is 0.130. The fourth-order valence-electron chi connectivity index (χ4n) is 3.11. The molecule has 1 amide bonds. The Morgan fingerprint density at radius 1 is 1.17 bits per heavy atom. The zero-order valence-electron chi connectivity index (χ0n) is 13.5. The van der Waals surface area contributed by atoms with Gasteiger partial charge in [-0.05, 0) is 43.0 Å². The van der Waals surface area contributed by atoms with Crippen molar-refractivity contribution in [2.24, 2.45) is 5.92 Å². The van der Waals surface area contributed by atoms with E-state index < -0.39 is 0 Å². The van der Waals surface area contributed by atoms with Crippen molar-refractivity contribution in [1.82, 2.24) is 9.88 Å². The molecule has 1 N–H and O–H groups in total. The molecule has 23 heavy (non-hydrogen) atoms. The monoisotopic (exact) mass is 309 g/mol. The van der Waals surface area contributed by atoms with E-state index in [0.29, 0.717) is 5.92 Å². The first-order valence-electron chi connectivity index (χ1n) is 8.25. The van der Waals surface area contributed by atoms with Crippen LogP contribution in [0.3, 0.4) is 0 Å². The predicted molar refractivity (Wildman–Crippen MR) is 92.4 cm³/mol. The molecule has 0 aliphatic carbocycles. The average molecular weight is 309 g/mol. The second-order valence-electron chi connectivity index (χ2n) is 6.26. The van der Waals surface area contributed by atoms with Crippen molar-refractivity contribution in [3.63, 3.8) is 0 Å². The van der Waals surface area contributed by atoms with Crippen molar-refractivity contribution in [1.29, 1.82) is 0 Å². The van der Waals surface area contributed by atoms with Gasteiger partial charge in [0.15, 0.2) is 0 Å². The van der Waals surface area contributed by atoms with Crippen LogP contribution in [0.25, 0.3) is 0 Å². The van der Waals surface area contributed by atoms with Gasteiger partial charge >= 0.3 is 0 Å². The molecule has 2 atom stereocenters. The van der Waals surface area contributed by atoms with Crippen LogP contribution in [0.1, 0.15) is 30.1 Å². The van der Waals surface area contributed by atoms with Gasteiger partial charge in [-0.1, -0.05) is 31.2 Å². The maximum absolute atomic E-state index is 12.8. The van der Waals surface area contributed by atoms with E-state index >= 15 is 0 Å². The number of anilines is 1. The van der Waals surface area contributed by atoms with Crippen LogP contribution >= 0.6 is 0 Å². The highest BCUT2D eigenvalue weighted by atomic mass is 16.2. The Labute approximate surface area is 137 Å². The van der Waals surface area contributed by atoms with E-state index in [0.717, 1.165) is 37.3 Å². The lowest BCUT2D eigenvalue weighted by Gasteiger charge is -2.39. The van der Waals surface area contributed by atoms with Crippen molar-refractivity contribution >= 4 is 11.7 Å². The van der Waals surface area contributed by atoms with Crippen LogP contribution in [0.15, 0.2) is 54.7 Å². The van der Waals surface area contributed by atoms with Crippen LogP contribution in [0, 0.1) is 5.92 Å². The van der Waals surface area contributed by atoms with Crippen LogP contribution < -0.4 is 5.32 Å². The number of hydrogen-bond donors (Lipinski definition) is 1. The standard InChI is InChI=1S/C19H23N3O/c1-15-10-11-17(13-21-18-9-5-6-12-20-18)22(14-15)19(23)16-7-3-2-4-8-16/h2-9,12,15,17H,10-11,13-14H2,1H3,(H,20,21)/t15?,17-/m0/s1. The number of hydrogen-bond acceptors (Lipinski definition) is 3. The molecule has 4 heteroatoms. The molecule has 1 saturated heterocycles. The summed E-state index contributed by atoms with van der Waals surface area (Å²) in [7, 11) is 0. The summed E-state index contributed by atoms with van der Waals surface area (Å²) in [5.41, 5.74) is 0.768. The molecule has 2 heterocycles. The number of carbonyl (C=O) groups is 1. The van der Waals surface area contributed by atoms with Crippen molar-refractivity contribution < 1.29 is 4.79 Å². The number of aromatic nitrogens is 1. The summed E-state index contributed by atoms with van der Waals surface area (Å²) < 4.78 is 0. The largest absolute Gasteiger partial charge is 0.368 e. The number of nitrogens with zero attached hydrogens (tertiary/aromatic N) is 2. The summed E-state index contributed by atoms with van der Waals surface area (Å²) in [5, 5.41) is 3.36. The second kappa shape index (κ2) is 7.27. The van der Waals surface area contributed by atoms with Crippen molar-refractivity contribution in [3.05, 3.63) is 60.3 Å². The van der Waals surface area contributed by atoms with Gasteiger partial charge in [-0.3, -0.25) is 4.79 Å². The highest BCUT2D eigenvalue weighted by Crippen LogP contribution is 2.24. The Balaban J connectivity index is 1.70. The lowest BCUT2D eigenvalue weighted by molar-refractivity contribution is 0.0565. The average Bonchev–Trinajstić information content (AvgIpc) is 2.61. The third-order valence-corrected chi connectivity index (χ3v) is 4.41. The molecule has 1 fully saturated rings. The lowest BCUT2D eigenvalue weighted by Crippen LogP contribution is -2.49. The quantitative estimate of drug-likeness (QED) is 0.941. The summed E-state index contributed by atoms with van der Waals surface area (Å²) in [6.45, 7) is 3.78. The molecule has 3 rings (SSSR count). The molecule has 1 aromatic heterocycles. The van der Waals surface area contributed by atoms with Gasteiger partial charge in [0.25, 0.3) is 5.91 Å². The number of piperidine rings is 1. The van der Waals surface area contributed by atoms with Gasteiger partial charge in [-0.15, -0.1) is 0 Å². The van der Waals surface area contributed by atoms with Gasteiger partial charge in [0.05, 0.1) is 0 Å². The zero-order valence-corrected chi connectivity index (χ0v) is 13.5. The van der Waals surface area contributed by atoms with E-state index in [1.807, 2.05) is 53.4 Å². The SMILES string of the molecule is CC1CC[C@@H](CNc2ccccn2)N(C(=O)c2ccccc2)C1. The number of pyridine rings is 1. The Hall–Kier alpha value is -2.36. The maximum Gasteiger partial charge on any atom is 0.254 e. The summed E-state index contributed by atoms with van der Waals surface area (Å²) in [4.78, 5) is 19.2. The van der Waals surface area contributed by atoms with Crippen LogP contribution in [-0.4, -0.2) is 34.9 Å². The number of nitrogens with one attached hydrogen (secondary N) is 1. The first-order chi connectivity index (χ1) is 11.2. The molecular formula is C19H23N3O. The van der Waals surface area contributed by atoms with Gasteiger partial charge < -0.3 is 10.2 Å². The fourth-order valence-corrected chi connectivity index (χ4v) is 3.11. The smallest absolute Gasteiger partial charge is 0.254 e. The number of likely N-dealkylation sites (tertiary alicyclic amines) is 1. The minimum atomic E-state index is 0.130. The van der Waals surface area contributed by atoms with Gasteiger partial charge in [-0.25, -0.2) is 4.98 Å².